The molecule has 150 valence electrons. The third kappa shape index (κ3) is 5.26. The van der Waals surface area contributed by atoms with Crippen molar-refractivity contribution in [2.24, 2.45) is 5.92 Å². The van der Waals surface area contributed by atoms with Crippen LogP contribution in [0.3, 0.4) is 0 Å². The zero-order chi connectivity index (χ0) is 19.9. The first-order valence-corrected chi connectivity index (χ1v) is 10.0. The van der Waals surface area contributed by atoms with Gasteiger partial charge in [0.25, 0.3) is 0 Å². The van der Waals surface area contributed by atoms with E-state index in [0.717, 1.165) is 37.5 Å². The number of methoxy groups -OCH3 is 1. The summed E-state index contributed by atoms with van der Waals surface area (Å²) >= 11 is 0. The highest BCUT2D eigenvalue weighted by Crippen LogP contribution is 2.22. The molecular weight excluding hydrogens is 350 g/mol. The topological polar surface area (TPSA) is 44.8 Å². The molecule has 1 N–H and O–H groups in total. The molecule has 0 bridgehead atoms. The van der Waals surface area contributed by atoms with Crippen molar-refractivity contribution in [3.63, 3.8) is 0 Å². The van der Waals surface area contributed by atoms with Gasteiger partial charge in [-0.15, -0.1) is 0 Å². The summed E-state index contributed by atoms with van der Waals surface area (Å²) in [6.45, 7) is 8.36. The molecule has 0 radical (unpaired) electrons. The minimum Gasteiger partial charge on any atom is -0.497 e. The largest absolute Gasteiger partial charge is 0.497 e. The van der Waals surface area contributed by atoms with Gasteiger partial charge >= 0.3 is 0 Å². The van der Waals surface area contributed by atoms with Crippen molar-refractivity contribution in [3.05, 3.63) is 60.2 Å². The van der Waals surface area contributed by atoms with E-state index >= 15 is 0 Å². The number of anilines is 1. The molecule has 0 aliphatic carbocycles. The van der Waals surface area contributed by atoms with Crippen LogP contribution < -0.4 is 15.0 Å². The lowest BCUT2D eigenvalue weighted by atomic mass is 9.96. The van der Waals surface area contributed by atoms with Gasteiger partial charge < -0.3 is 15.0 Å². The summed E-state index contributed by atoms with van der Waals surface area (Å²) in [4.78, 5) is 17.2. The molecule has 1 fully saturated rings. The predicted molar refractivity (Wildman–Crippen MR) is 114 cm³/mol. The van der Waals surface area contributed by atoms with Gasteiger partial charge in [-0.05, 0) is 35.7 Å². The van der Waals surface area contributed by atoms with Crippen LogP contribution in [0.5, 0.6) is 5.75 Å². The first-order valence-electron chi connectivity index (χ1n) is 10.0. The van der Waals surface area contributed by atoms with Crippen molar-refractivity contribution in [2.45, 2.75) is 19.9 Å². The summed E-state index contributed by atoms with van der Waals surface area (Å²) in [5.41, 5.74) is 2.36. The van der Waals surface area contributed by atoms with Gasteiger partial charge in [-0.2, -0.15) is 0 Å². The van der Waals surface area contributed by atoms with Gasteiger partial charge in [-0.1, -0.05) is 44.2 Å². The molecule has 5 heteroatoms. The second kappa shape index (κ2) is 9.60. The number of ether oxygens (including phenoxy) is 1. The number of nitrogens with zero attached hydrogens (tertiary/aromatic N) is 2. The molecule has 1 aliphatic rings. The molecule has 2 aromatic rings. The van der Waals surface area contributed by atoms with E-state index in [1.54, 1.807) is 7.11 Å². The van der Waals surface area contributed by atoms with E-state index < -0.39 is 0 Å². The number of nitrogens with one attached hydrogen (secondary N) is 1. The van der Waals surface area contributed by atoms with Crippen LogP contribution in [0.1, 0.15) is 25.5 Å². The van der Waals surface area contributed by atoms with E-state index in [1.165, 1.54) is 5.69 Å². The molecule has 28 heavy (non-hydrogen) atoms. The number of benzene rings is 2. The summed E-state index contributed by atoms with van der Waals surface area (Å²) < 4.78 is 5.23. The van der Waals surface area contributed by atoms with E-state index in [4.69, 9.17) is 4.74 Å². The lowest BCUT2D eigenvalue weighted by molar-refractivity contribution is -0.123. The number of piperazine rings is 1. The van der Waals surface area contributed by atoms with Gasteiger partial charge in [0.05, 0.1) is 19.7 Å². The van der Waals surface area contributed by atoms with Crippen LogP contribution in [0.25, 0.3) is 0 Å². The fraction of sp³-hybridized carbons (Fsp3) is 0.435. The molecule has 1 unspecified atom stereocenters. The maximum atomic E-state index is 12.6. The predicted octanol–water partition coefficient (Wildman–Crippen LogP) is 3.33. The van der Waals surface area contributed by atoms with Crippen LogP contribution in [0.4, 0.5) is 5.69 Å². The summed E-state index contributed by atoms with van der Waals surface area (Å²) in [7, 11) is 1.68. The van der Waals surface area contributed by atoms with Crippen LogP contribution in [0.2, 0.25) is 0 Å². The minimum absolute atomic E-state index is 0.0503. The number of carbonyl (C=O) groups excluding carboxylic acids is 1. The monoisotopic (exact) mass is 381 g/mol. The second-order valence-electron chi connectivity index (χ2n) is 7.66. The smallest absolute Gasteiger partial charge is 0.234 e. The fourth-order valence-electron chi connectivity index (χ4n) is 3.67. The molecule has 0 aromatic heterocycles. The normalized spacial score (nSPS) is 16.1. The average Bonchev–Trinajstić information content (AvgIpc) is 2.73. The molecule has 1 saturated heterocycles. The molecule has 3 rings (SSSR count). The zero-order valence-electron chi connectivity index (χ0n) is 17.1. The van der Waals surface area contributed by atoms with E-state index in [1.807, 2.05) is 30.3 Å². The summed E-state index contributed by atoms with van der Waals surface area (Å²) in [5.74, 6) is 1.32. The summed E-state index contributed by atoms with van der Waals surface area (Å²) in [6, 6.07) is 18.4. The van der Waals surface area contributed by atoms with Gasteiger partial charge in [-0.25, -0.2) is 0 Å². The highest BCUT2D eigenvalue weighted by Gasteiger charge is 2.22. The average molecular weight is 382 g/mol. The number of rotatable bonds is 7. The number of hydrogen-bond donors (Lipinski definition) is 1. The van der Waals surface area contributed by atoms with Crippen molar-refractivity contribution in [2.75, 3.05) is 44.7 Å². The molecule has 5 nitrogen and oxygen atoms in total. The maximum Gasteiger partial charge on any atom is 0.234 e. The molecule has 0 saturated carbocycles. The minimum atomic E-state index is 0.0503. The fourth-order valence-corrected chi connectivity index (χ4v) is 3.67. The van der Waals surface area contributed by atoms with Crippen LogP contribution in [-0.2, 0) is 4.79 Å². The van der Waals surface area contributed by atoms with Crippen molar-refractivity contribution >= 4 is 11.6 Å². The zero-order valence-corrected chi connectivity index (χ0v) is 17.1. The van der Waals surface area contributed by atoms with Crippen LogP contribution in [0.15, 0.2) is 54.6 Å². The van der Waals surface area contributed by atoms with Crippen molar-refractivity contribution < 1.29 is 9.53 Å². The Balaban J connectivity index is 1.50. The Hall–Kier alpha value is -2.53. The molecular formula is C23H31N3O2. The quantitative estimate of drug-likeness (QED) is 0.799. The highest BCUT2D eigenvalue weighted by atomic mass is 16.5. The third-order valence-electron chi connectivity index (χ3n) is 5.32. The Kier molecular flexibility index (Phi) is 6.93. The Labute approximate surface area is 168 Å². The molecule has 0 spiro atoms. The number of amides is 1. The summed E-state index contributed by atoms with van der Waals surface area (Å²) in [5, 5.41) is 3.23. The Morgan fingerprint density at radius 3 is 2.21 bits per heavy atom. The molecule has 1 amide bonds. The maximum absolute atomic E-state index is 12.6. The highest BCUT2D eigenvalue weighted by molar-refractivity contribution is 5.78. The van der Waals surface area contributed by atoms with Crippen molar-refractivity contribution in [3.8, 4) is 5.75 Å². The van der Waals surface area contributed by atoms with Gasteiger partial charge in [0, 0.05) is 31.9 Å². The van der Waals surface area contributed by atoms with Crippen LogP contribution in [-0.4, -0.2) is 50.6 Å². The van der Waals surface area contributed by atoms with Crippen molar-refractivity contribution in [1.29, 1.82) is 0 Å². The number of carbonyl (C=O) groups is 1. The Morgan fingerprint density at radius 1 is 1.00 bits per heavy atom. The van der Waals surface area contributed by atoms with Gasteiger partial charge in [-0.3, -0.25) is 9.69 Å². The third-order valence-corrected chi connectivity index (χ3v) is 5.32. The van der Waals surface area contributed by atoms with E-state index in [2.05, 4.69) is 53.2 Å². The van der Waals surface area contributed by atoms with Crippen molar-refractivity contribution in [1.82, 2.24) is 10.2 Å². The SMILES string of the molecule is COc1ccc(N2CCN(CC(=O)NC(c3ccccc3)C(C)C)CC2)cc1. The summed E-state index contributed by atoms with van der Waals surface area (Å²) in [6.07, 6.45) is 0. The van der Waals surface area contributed by atoms with Gasteiger partial charge in [0.1, 0.15) is 5.75 Å². The lowest BCUT2D eigenvalue weighted by Crippen LogP contribution is -2.50. The Bertz CT molecular complexity index is 738. The van der Waals surface area contributed by atoms with Gasteiger partial charge in [0.15, 0.2) is 0 Å². The molecule has 2 aromatic carbocycles. The molecule has 1 atom stereocenters. The first-order chi connectivity index (χ1) is 13.6. The van der Waals surface area contributed by atoms with Crippen LogP contribution in [0, 0.1) is 5.92 Å². The molecule has 1 aliphatic heterocycles. The van der Waals surface area contributed by atoms with E-state index in [-0.39, 0.29) is 11.9 Å². The standard InChI is InChI=1S/C23H31N3O2/c1-18(2)23(19-7-5-4-6-8-19)24-22(27)17-25-13-15-26(16-14-25)20-9-11-21(28-3)12-10-20/h4-12,18,23H,13-17H2,1-3H3,(H,24,27). The number of hydrogen-bond acceptors (Lipinski definition) is 4. The first kappa shape index (κ1) is 20.2. The van der Waals surface area contributed by atoms with Gasteiger partial charge in [0.2, 0.25) is 5.91 Å². The Morgan fingerprint density at radius 2 is 1.64 bits per heavy atom. The molecule has 1 heterocycles. The second-order valence-corrected chi connectivity index (χ2v) is 7.66. The van der Waals surface area contributed by atoms with Crippen LogP contribution >= 0.6 is 0 Å². The lowest BCUT2D eigenvalue weighted by Gasteiger charge is -2.36. The van der Waals surface area contributed by atoms with E-state index in [9.17, 15) is 4.79 Å². The van der Waals surface area contributed by atoms with E-state index in [0.29, 0.717) is 12.5 Å².